The molecular weight excluding hydrogens is 300 g/mol. The molecule has 7 nitrogen and oxygen atoms in total. The monoisotopic (exact) mass is 320 g/mol. The van der Waals surface area contributed by atoms with Gasteiger partial charge >= 0.3 is 0 Å². The fraction of sp³-hybridized carbons (Fsp3) is 0.571. The molecule has 3 heterocycles. The summed E-state index contributed by atoms with van der Waals surface area (Å²) >= 11 is 1.39. The Hall–Kier alpha value is -1.80. The number of likely N-dealkylation sites (tertiary alicyclic amines) is 1. The summed E-state index contributed by atoms with van der Waals surface area (Å²) in [4.78, 5) is 14.3. The zero-order valence-electron chi connectivity index (χ0n) is 12.8. The molecule has 1 amide bonds. The number of hydrogen-bond donors (Lipinski definition) is 2. The molecule has 22 heavy (non-hydrogen) atoms. The number of rotatable bonds is 4. The Bertz CT molecular complexity index is 651. The number of carbonyl (C=O) groups excluding carboxylic acids is 1. The van der Waals surface area contributed by atoms with Crippen LogP contribution < -0.4 is 5.32 Å². The van der Waals surface area contributed by atoms with Crippen LogP contribution in [0.3, 0.4) is 0 Å². The molecule has 1 aliphatic rings. The first-order valence-corrected chi connectivity index (χ1v) is 8.26. The molecule has 3 rings (SSSR count). The van der Waals surface area contributed by atoms with Crippen LogP contribution in [0.2, 0.25) is 0 Å². The molecule has 1 atom stereocenters. The molecule has 118 valence electrons. The van der Waals surface area contributed by atoms with E-state index in [2.05, 4.69) is 36.7 Å². The molecule has 1 aliphatic heterocycles. The van der Waals surface area contributed by atoms with Crippen LogP contribution in [0.5, 0.6) is 0 Å². The van der Waals surface area contributed by atoms with E-state index in [1.165, 1.54) is 11.3 Å². The molecule has 8 heteroatoms. The summed E-state index contributed by atoms with van der Waals surface area (Å²) in [6, 6.07) is 2.10. The van der Waals surface area contributed by atoms with Crippen LogP contribution in [0.4, 0.5) is 5.13 Å². The zero-order valence-corrected chi connectivity index (χ0v) is 13.6. The lowest BCUT2D eigenvalue weighted by atomic mass is 9.94. The number of aromatic amines is 1. The lowest BCUT2D eigenvalue weighted by molar-refractivity contribution is -0.117. The molecule has 1 saturated heterocycles. The maximum atomic E-state index is 12.1. The van der Waals surface area contributed by atoms with Crippen molar-refractivity contribution in [2.45, 2.75) is 32.6 Å². The first-order valence-electron chi connectivity index (χ1n) is 7.44. The summed E-state index contributed by atoms with van der Waals surface area (Å²) in [7, 11) is 0. The molecule has 0 radical (unpaired) electrons. The highest BCUT2D eigenvalue weighted by Gasteiger charge is 2.24. The highest BCUT2D eigenvalue weighted by atomic mass is 32.1. The quantitative estimate of drug-likeness (QED) is 0.895. The van der Waals surface area contributed by atoms with Crippen molar-refractivity contribution in [1.29, 1.82) is 0 Å². The average molecular weight is 320 g/mol. The number of aryl methyl sites for hydroxylation is 2. The van der Waals surface area contributed by atoms with Crippen molar-refractivity contribution in [3.8, 4) is 0 Å². The Balaban J connectivity index is 1.54. The maximum absolute atomic E-state index is 12.1. The first-order chi connectivity index (χ1) is 10.6. The molecule has 2 N–H and O–H groups in total. The second-order valence-electron chi connectivity index (χ2n) is 5.72. The third-order valence-electron chi connectivity index (χ3n) is 3.79. The summed E-state index contributed by atoms with van der Waals surface area (Å²) in [5.41, 5.74) is 2.18. The fourth-order valence-electron chi connectivity index (χ4n) is 2.80. The van der Waals surface area contributed by atoms with Crippen LogP contribution in [0, 0.1) is 13.8 Å². The Morgan fingerprint density at radius 3 is 3.05 bits per heavy atom. The Labute approximate surface area is 133 Å². The molecule has 0 aliphatic carbocycles. The predicted molar refractivity (Wildman–Crippen MR) is 85.0 cm³/mol. The van der Waals surface area contributed by atoms with Gasteiger partial charge in [0.1, 0.15) is 5.01 Å². The number of aromatic nitrogens is 4. The Morgan fingerprint density at radius 1 is 1.50 bits per heavy atom. The van der Waals surface area contributed by atoms with Gasteiger partial charge in [-0.05, 0) is 39.3 Å². The van der Waals surface area contributed by atoms with Crippen LogP contribution in [0.25, 0.3) is 0 Å². The number of carbonyl (C=O) groups is 1. The zero-order chi connectivity index (χ0) is 15.5. The third kappa shape index (κ3) is 3.69. The summed E-state index contributed by atoms with van der Waals surface area (Å²) in [6.45, 7) is 6.08. The minimum atomic E-state index is -0.0324. The van der Waals surface area contributed by atoms with E-state index < -0.39 is 0 Å². The van der Waals surface area contributed by atoms with Gasteiger partial charge in [-0.15, -0.1) is 10.2 Å². The molecule has 0 spiro atoms. The molecule has 0 saturated carbocycles. The van der Waals surface area contributed by atoms with Gasteiger partial charge in [-0.1, -0.05) is 11.3 Å². The second kappa shape index (κ2) is 6.53. The number of amides is 1. The van der Waals surface area contributed by atoms with Crippen molar-refractivity contribution < 1.29 is 4.79 Å². The van der Waals surface area contributed by atoms with Crippen LogP contribution in [0.1, 0.15) is 35.2 Å². The van der Waals surface area contributed by atoms with Crippen molar-refractivity contribution in [3.63, 3.8) is 0 Å². The van der Waals surface area contributed by atoms with Crippen molar-refractivity contribution in [3.05, 3.63) is 22.5 Å². The highest BCUT2D eigenvalue weighted by Crippen LogP contribution is 2.25. The topological polar surface area (TPSA) is 86.8 Å². The van der Waals surface area contributed by atoms with Crippen LogP contribution in [0.15, 0.2) is 6.07 Å². The molecular formula is C14H20N6OS. The Morgan fingerprint density at radius 2 is 2.36 bits per heavy atom. The van der Waals surface area contributed by atoms with E-state index >= 15 is 0 Å². The first kappa shape index (κ1) is 15.1. The average Bonchev–Trinajstić information content (AvgIpc) is 3.08. The van der Waals surface area contributed by atoms with Gasteiger partial charge in [0.15, 0.2) is 0 Å². The standard InChI is InChI=1S/C14H20N6OS/c1-9-6-12(18-16-9)11-4-3-5-20(7-11)8-13(21)15-14-19-17-10(2)22-14/h6,11H,3-5,7-8H2,1-2H3,(H,16,18)(H,15,19,21)/t11-/m1/s1. The minimum Gasteiger partial charge on any atom is -0.299 e. The largest absolute Gasteiger partial charge is 0.299 e. The second-order valence-corrected chi connectivity index (χ2v) is 6.91. The molecule has 2 aromatic heterocycles. The number of nitrogens with one attached hydrogen (secondary N) is 2. The van der Waals surface area contributed by atoms with Gasteiger partial charge in [0, 0.05) is 18.2 Å². The predicted octanol–water partition coefficient (Wildman–Crippen LogP) is 1.70. The fourth-order valence-corrected chi connectivity index (χ4v) is 3.41. The van der Waals surface area contributed by atoms with E-state index in [-0.39, 0.29) is 5.91 Å². The number of H-pyrrole nitrogens is 1. The van der Waals surface area contributed by atoms with Gasteiger partial charge in [-0.3, -0.25) is 20.1 Å². The summed E-state index contributed by atoms with van der Waals surface area (Å²) < 4.78 is 0. The van der Waals surface area contributed by atoms with Crippen molar-refractivity contribution in [1.82, 2.24) is 25.3 Å². The highest BCUT2D eigenvalue weighted by molar-refractivity contribution is 7.15. The molecule has 0 unspecified atom stereocenters. The number of hydrogen-bond acceptors (Lipinski definition) is 6. The van der Waals surface area contributed by atoms with Crippen LogP contribution in [-0.4, -0.2) is 50.8 Å². The number of piperidine rings is 1. The normalized spacial score (nSPS) is 19.3. The van der Waals surface area contributed by atoms with E-state index in [1.54, 1.807) is 0 Å². The smallest absolute Gasteiger partial charge is 0.240 e. The molecule has 0 bridgehead atoms. The lowest BCUT2D eigenvalue weighted by Crippen LogP contribution is -2.39. The maximum Gasteiger partial charge on any atom is 0.240 e. The van der Waals surface area contributed by atoms with Crippen molar-refractivity contribution in [2.75, 3.05) is 25.0 Å². The summed E-state index contributed by atoms with van der Waals surface area (Å²) in [5.74, 6) is 0.366. The van der Waals surface area contributed by atoms with E-state index in [0.717, 1.165) is 42.3 Å². The van der Waals surface area contributed by atoms with Crippen LogP contribution in [-0.2, 0) is 4.79 Å². The van der Waals surface area contributed by atoms with Gasteiger partial charge in [0.25, 0.3) is 0 Å². The van der Waals surface area contributed by atoms with Gasteiger partial charge < -0.3 is 0 Å². The van der Waals surface area contributed by atoms with Crippen LogP contribution >= 0.6 is 11.3 Å². The third-order valence-corrected chi connectivity index (χ3v) is 4.54. The minimum absolute atomic E-state index is 0.0324. The van der Waals surface area contributed by atoms with Gasteiger partial charge in [-0.25, -0.2) is 0 Å². The molecule has 0 aromatic carbocycles. The summed E-state index contributed by atoms with van der Waals surface area (Å²) in [5, 5.41) is 19.4. The lowest BCUT2D eigenvalue weighted by Gasteiger charge is -2.31. The number of anilines is 1. The van der Waals surface area contributed by atoms with Gasteiger partial charge in [0.2, 0.25) is 11.0 Å². The van der Waals surface area contributed by atoms with Gasteiger partial charge in [-0.2, -0.15) is 5.10 Å². The van der Waals surface area contributed by atoms with Crippen molar-refractivity contribution >= 4 is 22.4 Å². The van der Waals surface area contributed by atoms with E-state index in [1.807, 2.05) is 13.8 Å². The number of nitrogens with zero attached hydrogens (tertiary/aromatic N) is 4. The van der Waals surface area contributed by atoms with Crippen molar-refractivity contribution in [2.24, 2.45) is 0 Å². The van der Waals surface area contributed by atoms with E-state index in [9.17, 15) is 4.79 Å². The van der Waals surface area contributed by atoms with Gasteiger partial charge in [0.05, 0.1) is 12.2 Å². The molecule has 1 fully saturated rings. The Kier molecular flexibility index (Phi) is 4.49. The summed E-state index contributed by atoms with van der Waals surface area (Å²) in [6.07, 6.45) is 2.21. The SMILES string of the molecule is Cc1cc([C@@H]2CCCN(CC(=O)Nc3nnc(C)s3)C2)n[nH]1. The van der Waals surface area contributed by atoms with E-state index in [0.29, 0.717) is 17.6 Å². The van der Waals surface area contributed by atoms with E-state index in [4.69, 9.17) is 0 Å². The molecule has 2 aromatic rings.